The molecule has 0 saturated heterocycles. The molecule has 0 fully saturated rings. The van der Waals surface area contributed by atoms with Gasteiger partial charge in [0.25, 0.3) is 0 Å². The largest absolute Gasteiger partial charge is 0.420 e. The fraction of sp³-hybridized carbons (Fsp3) is 0.0667. The molecule has 0 aromatic heterocycles. The molecule has 0 N–H and O–H groups in total. The molecule has 0 bridgehead atoms. The zero-order valence-electron chi connectivity index (χ0n) is 19.9. The lowest BCUT2D eigenvalue weighted by atomic mass is 9.94. The van der Waals surface area contributed by atoms with Crippen molar-refractivity contribution in [3.8, 4) is 33.8 Å². The van der Waals surface area contributed by atoms with Gasteiger partial charge >= 0.3 is 11.9 Å². The summed E-state index contributed by atoms with van der Waals surface area (Å²) in [6, 6.07) is 13.9. The van der Waals surface area contributed by atoms with Crippen LogP contribution in [0, 0.1) is 11.6 Å². The molecule has 0 unspecified atom stereocenters. The van der Waals surface area contributed by atoms with Gasteiger partial charge in [0, 0.05) is 11.1 Å². The van der Waals surface area contributed by atoms with Gasteiger partial charge in [-0.2, -0.15) is 0 Å². The summed E-state index contributed by atoms with van der Waals surface area (Å²) < 4.78 is 39.3. The quantitative estimate of drug-likeness (QED) is 0.144. The maximum atomic E-state index is 14.7. The van der Waals surface area contributed by atoms with E-state index in [-0.39, 0.29) is 22.6 Å². The molecule has 182 valence electrons. The highest BCUT2D eigenvalue weighted by molar-refractivity contribution is 5.89. The fourth-order valence-corrected chi connectivity index (χ4v) is 3.20. The van der Waals surface area contributed by atoms with Crippen LogP contribution >= 0.6 is 0 Å². The van der Waals surface area contributed by atoms with Crippen molar-refractivity contribution in [2.45, 2.75) is 13.8 Å². The Morgan fingerprint density at radius 2 is 1.22 bits per heavy atom. The molecule has 0 aliphatic carbocycles. The van der Waals surface area contributed by atoms with Crippen molar-refractivity contribution in [2.75, 3.05) is 0 Å². The van der Waals surface area contributed by atoms with Crippen molar-refractivity contribution >= 4 is 18.0 Å². The Balaban J connectivity index is 1.98. The van der Waals surface area contributed by atoms with Crippen molar-refractivity contribution < 1.29 is 27.8 Å². The smallest absolute Gasteiger partial charge is 0.338 e. The van der Waals surface area contributed by atoms with Crippen molar-refractivity contribution in [3.63, 3.8) is 0 Å². The third kappa shape index (κ3) is 6.10. The second-order valence-corrected chi connectivity index (χ2v) is 8.03. The number of rotatable bonds is 8. The SMILES string of the molecule is C=C/C=C/c1cc(-c2ccc(OC(=O)C(=C)C)c(F)c2)ccc1-c1ccc(OC(=O)C(=C)C)c(F)c1. The zero-order valence-corrected chi connectivity index (χ0v) is 19.9. The molecule has 0 atom stereocenters. The molecule has 0 radical (unpaired) electrons. The van der Waals surface area contributed by atoms with Gasteiger partial charge in [-0.3, -0.25) is 0 Å². The van der Waals surface area contributed by atoms with Crippen molar-refractivity contribution in [1.29, 1.82) is 0 Å². The highest BCUT2D eigenvalue weighted by atomic mass is 19.1. The second kappa shape index (κ2) is 11.2. The number of halogens is 2. The summed E-state index contributed by atoms with van der Waals surface area (Å²) in [4.78, 5) is 23.4. The molecule has 3 aromatic rings. The van der Waals surface area contributed by atoms with Crippen LogP contribution in [-0.2, 0) is 9.59 Å². The van der Waals surface area contributed by atoms with E-state index in [0.717, 1.165) is 5.56 Å². The first kappa shape index (κ1) is 26.0. The van der Waals surface area contributed by atoms with E-state index in [1.807, 2.05) is 6.07 Å². The fourth-order valence-electron chi connectivity index (χ4n) is 3.20. The molecule has 36 heavy (non-hydrogen) atoms. The van der Waals surface area contributed by atoms with E-state index in [0.29, 0.717) is 22.3 Å². The summed E-state index contributed by atoms with van der Waals surface area (Å²) in [5.41, 5.74) is 3.52. The average molecular weight is 487 g/mol. The Labute approximate surface area is 208 Å². The van der Waals surface area contributed by atoms with Gasteiger partial charge in [0.2, 0.25) is 0 Å². The minimum absolute atomic E-state index is 0.157. The Morgan fingerprint density at radius 3 is 1.72 bits per heavy atom. The molecular formula is C30H24F2O4. The Kier molecular flexibility index (Phi) is 8.12. The van der Waals surface area contributed by atoms with Crippen LogP contribution in [0.5, 0.6) is 11.5 Å². The maximum Gasteiger partial charge on any atom is 0.338 e. The van der Waals surface area contributed by atoms with Crippen LogP contribution < -0.4 is 9.47 Å². The molecule has 0 aliphatic rings. The first-order valence-electron chi connectivity index (χ1n) is 10.9. The van der Waals surface area contributed by atoms with E-state index < -0.39 is 23.6 Å². The maximum absolute atomic E-state index is 14.7. The summed E-state index contributed by atoms with van der Waals surface area (Å²) >= 11 is 0. The Bertz CT molecular complexity index is 1420. The predicted octanol–water partition coefficient (Wildman–Crippen LogP) is 7.46. The van der Waals surface area contributed by atoms with Crippen LogP contribution in [0.25, 0.3) is 28.3 Å². The van der Waals surface area contributed by atoms with E-state index in [1.165, 1.54) is 38.1 Å². The van der Waals surface area contributed by atoms with Crippen molar-refractivity contribution in [2.24, 2.45) is 0 Å². The second-order valence-electron chi connectivity index (χ2n) is 8.03. The molecule has 0 spiro atoms. The Morgan fingerprint density at radius 1 is 0.750 bits per heavy atom. The third-order valence-electron chi connectivity index (χ3n) is 5.07. The van der Waals surface area contributed by atoms with E-state index in [9.17, 15) is 18.4 Å². The molecule has 3 rings (SSSR count). The van der Waals surface area contributed by atoms with Crippen LogP contribution in [0.15, 0.2) is 97.6 Å². The summed E-state index contributed by atoms with van der Waals surface area (Å²) in [5, 5.41) is 0. The number of esters is 2. The topological polar surface area (TPSA) is 52.6 Å². The molecule has 0 heterocycles. The first-order valence-corrected chi connectivity index (χ1v) is 10.9. The van der Waals surface area contributed by atoms with Crippen LogP contribution in [0.4, 0.5) is 8.78 Å². The summed E-state index contributed by atoms with van der Waals surface area (Å²) in [6.45, 7) is 13.6. The number of hydrogen-bond donors (Lipinski definition) is 0. The molecule has 0 saturated carbocycles. The van der Waals surface area contributed by atoms with Gasteiger partial charge in [-0.15, -0.1) is 0 Å². The number of carbonyl (C=O) groups is 2. The van der Waals surface area contributed by atoms with Gasteiger partial charge < -0.3 is 9.47 Å². The monoisotopic (exact) mass is 486 g/mol. The van der Waals surface area contributed by atoms with E-state index in [1.54, 1.807) is 42.5 Å². The van der Waals surface area contributed by atoms with Gasteiger partial charge in [0.05, 0.1) is 0 Å². The van der Waals surface area contributed by atoms with Gasteiger partial charge in [0.15, 0.2) is 23.1 Å². The standard InChI is InChI=1S/C30H24F2O4/c1-6-7-8-22-15-20(21-10-13-27(25(31)16-21)35-29(33)18(2)3)9-12-24(22)23-11-14-28(26(32)17-23)36-30(34)19(4)5/h6-17H,1-2,4H2,3,5H3/b8-7+. The molecule has 3 aromatic carbocycles. The van der Waals surface area contributed by atoms with Crippen molar-refractivity contribution in [1.82, 2.24) is 0 Å². The third-order valence-corrected chi connectivity index (χ3v) is 5.07. The molecule has 0 aliphatic heterocycles. The van der Waals surface area contributed by atoms with Gasteiger partial charge in [0.1, 0.15) is 0 Å². The number of ether oxygens (including phenoxy) is 2. The van der Waals surface area contributed by atoms with E-state index in [4.69, 9.17) is 9.47 Å². The minimum Gasteiger partial charge on any atom is -0.420 e. The first-order chi connectivity index (χ1) is 17.1. The number of hydrogen-bond acceptors (Lipinski definition) is 4. The summed E-state index contributed by atoms with van der Waals surface area (Å²) in [5.74, 6) is -3.22. The number of allylic oxidation sites excluding steroid dienone is 2. The van der Waals surface area contributed by atoms with Crippen LogP contribution in [0.2, 0.25) is 0 Å². The minimum atomic E-state index is -0.715. The van der Waals surface area contributed by atoms with E-state index >= 15 is 0 Å². The molecular weight excluding hydrogens is 462 g/mol. The normalized spacial score (nSPS) is 10.7. The number of benzene rings is 3. The Hall–Kier alpha value is -4.58. The number of carbonyl (C=O) groups excluding carboxylic acids is 2. The summed E-state index contributed by atoms with van der Waals surface area (Å²) in [6.07, 6.45) is 5.11. The van der Waals surface area contributed by atoms with Gasteiger partial charge in [-0.25, -0.2) is 18.4 Å². The predicted molar refractivity (Wildman–Crippen MR) is 137 cm³/mol. The van der Waals surface area contributed by atoms with Crippen LogP contribution in [0.1, 0.15) is 19.4 Å². The van der Waals surface area contributed by atoms with Crippen molar-refractivity contribution in [3.05, 3.63) is 115 Å². The molecule has 6 heteroatoms. The van der Waals surface area contributed by atoms with Gasteiger partial charge in [-0.1, -0.05) is 62.2 Å². The lowest BCUT2D eigenvalue weighted by molar-refractivity contribution is -0.131. The lowest BCUT2D eigenvalue weighted by Gasteiger charge is -2.12. The average Bonchev–Trinajstić information content (AvgIpc) is 2.84. The highest BCUT2D eigenvalue weighted by Crippen LogP contribution is 2.33. The molecule has 4 nitrogen and oxygen atoms in total. The van der Waals surface area contributed by atoms with Gasteiger partial charge in [-0.05, 0) is 72.0 Å². The van der Waals surface area contributed by atoms with Crippen LogP contribution in [0.3, 0.4) is 0 Å². The molecule has 0 amide bonds. The summed E-state index contributed by atoms with van der Waals surface area (Å²) in [7, 11) is 0. The lowest BCUT2D eigenvalue weighted by Crippen LogP contribution is -2.09. The highest BCUT2D eigenvalue weighted by Gasteiger charge is 2.15. The van der Waals surface area contributed by atoms with Crippen LogP contribution in [-0.4, -0.2) is 11.9 Å². The van der Waals surface area contributed by atoms with E-state index in [2.05, 4.69) is 19.7 Å². The zero-order chi connectivity index (χ0) is 26.4.